The summed E-state index contributed by atoms with van der Waals surface area (Å²) in [5.74, 6) is 1.72. The Morgan fingerprint density at radius 1 is 1.00 bits per heavy atom. The van der Waals surface area contributed by atoms with Crippen LogP contribution < -0.4 is 19.7 Å². The molecule has 0 saturated carbocycles. The molecule has 0 bridgehead atoms. The second kappa shape index (κ2) is 8.93. The topological polar surface area (TPSA) is 63.7 Å². The molecule has 4 rings (SSSR count). The number of fused-ring (bicyclic) bond motifs is 1. The summed E-state index contributed by atoms with van der Waals surface area (Å²) in [4.78, 5) is 18.3. The Bertz CT molecular complexity index is 1260. The normalized spacial score (nSPS) is 10.6. The highest BCUT2D eigenvalue weighted by atomic mass is 19.1. The molecule has 3 aromatic carbocycles. The Hall–Kier alpha value is -4.13. The molecule has 0 aliphatic heterocycles. The van der Waals surface area contributed by atoms with Gasteiger partial charge < -0.3 is 14.8 Å². The molecule has 32 heavy (non-hydrogen) atoms. The molecule has 0 radical (unpaired) electrons. The van der Waals surface area contributed by atoms with Gasteiger partial charge in [-0.25, -0.2) is 9.18 Å². The average molecular weight is 431 g/mol. The largest absolute Gasteiger partial charge is 0.496 e. The van der Waals surface area contributed by atoms with Crippen LogP contribution in [0.15, 0.2) is 72.9 Å². The van der Waals surface area contributed by atoms with E-state index in [0.717, 1.165) is 22.2 Å². The van der Waals surface area contributed by atoms with Crippen LogP contribution in [0.25, 0.3) is 10.9 Å². The molecule has 0 spiro atoms. The summed E-state index contributed by atoms with van der Waals surface area (Å²) in [5, 5.41) is 3.61. The predicted octanol–water partition coefficient (Wildman–Crippen LogP) is 6.15. The molecule has 1 aromatic heterocycles. The van der Waals surface area contributed by atoms with E-state index in [1.54, 1.807) is 44.6 Å². The molecular weight excluding hydrogens is 409 g/mol. The van der Waals surface area contributed by atoms with Crippen LogP contribution in [-0.2, 0) is 0 Å². The number of benzene rings is 3. The molecule has 1 N–H and O–H groups in total. The zero-order valence-corrected chi connectivity index (χ0v) is 17.9. The number of ether oxygens (including phenoxy) is 2. The van der Waals surface area contributed by atoms with Gasteiger partial charge in [0.1, 0.15) is 23.1 Å². The van der Waals surface area contributed by atoms with Crippen molar-refractivity contribution in [2.24, 2.45) is 0 Å². The number of pyridine rings is 1. The van der Waals surface area contributed by atoms with Gasteiger partial charge in [0, 0.05) is 36.1 Å². The van der Waals surface area contributed by atoms with E-state index in [9.17, 15) is 9.18 Å². The van der Waals surface area contributed by atoms with Crippen LogP contribution >= 0.6 is 0 Å². The number of methoxy groups -OCH3 is 1. The minimum Gasteiger partial charge on any atom is -0.496 e. The molecule has 7 heteroatoms. The number of carbonyl (C=O) groups excluding carboxylic acids is 1. The van der Waals surface area contributed by atoms with Crippen molar-refractivity contribution in [1.29, 1.82) is 0 Å². The van der Waals surface area contributed by atoms with Gasteiger partial charge in [-0.3, -0.25) is 9.88 Å². The molecule has 0 fully saturated rings. The van der Waals surface area contributed by atoms with E-state index in [4.69, 9.17) is 9.47 Å². The number of hydrogen-bond donors (Lipinski definition) is 1. The molecule has 0 unspecified atom stereocenters. The van der Waals surface area contributed by atoms with Crippen LogP contribution in [0.2, 0.25) is 0 Å². The number of aryl methyl sites for hydroxylation is 1. The lowest BCUT2D eigenvalue weighted by Gasteiger charge is -2.18. The quantitative estimate of drug-likeness (QED) is 0.412. The lowest BCUT2D eigenvalue weighted by molar-refractivity contribution is 0.258. The maximum atomic E-state index is 13.0. The van der Waals surface area contributed by atoms with Gasteiger partial charge in [-0.15, -0.1) is 0 Å². The van der Waals surface area contributed by atoms with Crippen LogP contribution in [-0.4, -0.2) is 25.2 Å². The molecule has 4 aromatic rings. The van der Waals surface area contributed by atoms with Gasteiger partial charge in [-0.1, -0.05) is 0 Å². The number of aromatic nitrogens is 1. The fraction of sp³-hybridized carbons (Fsp3) is 0.120. The summed E-state index contributed by atoms with van der Waals surface area (Å²) >= 11 is 0. The van der Waals surface area contributed by atoms with Crippen LogP contribution in [0.1, 0.15) is 5.56 Å². The summed E-state index contributed by atoms with van der Waals surface area (Å²) in [6.07, 6.45) is 1.69. The smallest absolute Gasteiger partial charge is 0.326 e. The Morgan fingerprint density at radius 3 is 2.41 bits per heavy atom. The third kappa shape index (κ3) is 4.46. The lowest BCUT2D eigenvalue weighted by atomic mass is 10.1. The van der Waals surface area contributed by atoms with Crippen molar-refractivity contribution < 1.29 is 18.7 Å². The fourth-order valence-electron chi connectivity index (χ4n) is 3.29. The number of rotatable bonds is 5. The monoisotopic (exact) mass is 431 g/mol. The van der Waals surface area contributed by atoms with Crippen LogP contribution in [0.3, 0.4) is 0 Å². The number of carbonyl (C=O) groups is 1. The first-order valence-corrected chi connectivity index (χ1v) is 9.96. The number of anilines is 2. The van der Waals surface area contributed by atoms with Crippen molar-refractivity contribution in [3.05, 3.63) is 84.3 Å². The molecule has 162 valence electrons. The second-order valence-corrected chi connectivity index (χ2v) is 7.24. The number of hydrogen-bond acceptors (Lipinski definition) is 4. The van der Waals surface area contributed by atoms with Gasteiger partial charge in [0.25, 0.3) is 0 Å². The maximum absolute atomic E-state index is 13.0. The fourth-order valence-corrected chi connectivity index (χ4v) is 3.29. The van der Waals surface area contributed by atoms with Gasteiger partial charge >= 0.3 is 6.03 Å². The van der Waals surface area contributed by atoms with E-state index in [2.05, 4.69) is 10.3 Å². The van der Waals surface area contributed by atoms with Crippen LogP contribution in [0.5, 0.6) is 17.2 Å². The second-order valence-electron chi connectivity index (χ2n) is 7.24. The Kier molecular flexibility index (Phi) is 5.89. The standard InChI is InChI=1S/C25H22FN3O3/c1-16-14-21-22(15-24(16)31-3)27-13-12-23(21)32-20-10-8-19(9-11-20)29(2)25(30)28-18-6-4-17(26)5-7-18/h4-15H,1-3H3,(H,28,30). The first-order valence-electron chi connectivity index (χ1n) is 9.96. The van der Waals surface area contributed by atoms with Crippen molar-refractivity contribution in [3.8, 4) is 17.2 Å². The van der Waals surface area contributed by atoms with E-state index in [1.807, 2.05) is 25.1 Å². The number of nitrogens with zero attached hydrogens (tertiary/aromatic N) is 2. The van der Waals surface area contributed by atoms with E-state index in [-0.39, 0.29) is 11.8 Å². The molecule has 0 aliphatic rings. The third-order valence-corrected chi connectivity index (χ3v) is 5.07. The highest BCUT2D eigenvalue weighted by molar-refractivity contribution is 6.01. The van der Waals surface area contributed by atoms with Crippen molar-refractivity contribution in [1.82, 2.24) is 4.98 Å². The zero-order valence-electron chi connectivity index (χ0n) is 17.9. The minimum atomic E-state index is -0.358. The van der Waals surface area contributed by atoms with Crippen molar-refractivity contribution in [2.45, 2.75) is 6.92 Å². The van der Waals surface area contributed by atoms with Crippen LogP contribution in [0.4, 0.5) is 20.6 Å². The van der Waals surface area contributed by atoms with E-state index >= 15 is 0 Å². The lowest BCUT2D eigenvalue weighted by Crippen LogP contribution is -2.31. The van der Waals surface area contributed by atoms with E-state index in [0.29, 0.717) is 22.9 Å². The summed E-state index contributed by atoms with van der Waals surface area (Å²) < 4.78 is 24.5. The summed E-state index contributed by atoms with van der Waals surface area (Å²) in [7, 11) is 3.29. The summed E-state index contributed by atoms with van der Waals surface area (Å²) in [6.45, 7) is 1.97. The summed E-state index contributed by atoms with van der Waals surface area (Å²) in [5.41, 5.74) is 2.96. The first kappa shape index (κ1) is 21.1. The van der Waals surface area contributed by atoms with Crippen LogP contribution in [0, 0.1) is 12.7 Å². The number of halogens is 1. The SMILES string of the molecule is COc1cc2nccc(Oc3ccc(N(C)C(=O)Nc4ccc(F)cc4)cc3)c2cc1C. The molecular formula is C25H22FN3O3. The van der Waals surface area contributed by atoms with E-state index in [1.165, 1.54) is 29.2 Å². The molecule has 0 saturated heterocycles. The Morgan fingerprint density at radius 2 is 1.72 bits per heavy atom. The van der Waals surface area contributed by atoms with Gasteiger partial charge in [-0.05, 0) is 73.2 Å². The first-order chi connectivity index (χ1) is 15.4. The summed E-state index contributed by atoms with van der Waals surface area (Å²) in [6, 6.07) is 18.1. The molecule has 6 nitrogen and oxygen atoms in total. The average Bonchev–Trinajstić information content (AvgIpc) is 2.80. The maximum Gasteiger partial charge on any atom is 0.326 e. The van der Waals surface area contributed by atoms with Crippen molar-refractivity contribution in [2.75, 3.05) is 24.4 Å². The van der Waals surface area contributed by atoms with Gasteiger partial charge in [0.15, 0.2) is 0 Å². The van der Waals surface area contributed by atoms with Gasteiger partial charge in [0.05, 0.1) is 12.6 Å². The number of nitrogens with one attached hydrogen (secondary N) is 1. The third-order valence-electron chi connectivity index (χ3n) is 5.07. The Balaban J connectivity index is 1.49. The van der Waals surface area contributed by atoms with Gasteiger partial charge in [0.2, 0.25) is 0 Å². The van der Waals surface area contributed by atoms with Crippen molar-refractivity contribution >= 4 is 28.3 Å². The van der Waals surface area contributed by atoms with Crippen molar-refractivity contribution in [3.63, 3.8) is 0 Å². The number of amides is 2. The molecule has 2 amide bonds. The highest BCUT2D eigenvalue weighted by Gasteiger charge is 2.12. The predicted molar refractivity (Wildman–Crippen MR) is 123 cm³/mol. The van der Waals surface area contributed by atoms with E-state index < -0.39 is 0 Å². The highest BCUT2D eigenvalue weighted by Crippen LogP contribution is 2.33. The number of urea groups is 1. The van der Waals surface area contributed by atoms with Gasteiger partial charge in [-0.2, -0.15) is 0 Å². The molecule has 0 atom stereocenters. The molecule has 0 aliphatic carbocycles. The minimum absolute atomic E-state index is 0.338. The molecule has 1 heterocycles. The zero-order chi connectivity index (χ0) is 22.7. The Labute approximate surface area is 185 Å².